The van der Waals surface area contributed by atoms with Crippen molar-refractivity contribution in [3.63, 3.8) is 0 Å². The topological polar surface area (TPSA) is 44.8 Å². The molecule has 2 aliphatic rings. The Labute approximate surface area is 119 Å². The molecule has 1 fully saturated rings. The van der Waals surface area contributed by atoms with Crippen LogP contribution in [0.15, 0.2) is 30.6 Å². The van der Waals surface area contributed by atoms with Gasteiger partial charge in [0.15, 0.2) is 0 Å². The van der Waals surface area contributed by atoms with Gasteiger partial charge in [-0.3, -0.25) is 10.00 Å². The van der Waals surface area contributed by atoms with Crippen molar-refractivity contribution in [3.05, 3.63) is 47.5 Å². The van der Waals surface area contributed by atoms with Crippen LogP contribution in [0.3, 0.4) is 0 Å². The van der Waals surface area contributed by atoms with Crippen molar-refractivity contribution in [1.29, 1.82) is 0 Å². The largest absolute Gasteiger partial charge is 0.299 e. The lowest BCUT2D eigenvalue weighted by molar-refractivity contribution is 0.149. The first-order valence-corrected chi connectivity index (χ1v) is 7.56. The van der Waals surface area contributed by atoms with Crippen molar-refractivity contribution < 1.29 is 0 Å². The molecule has 104 valence electrons. The third kappa shape index (κ3) is 2.14. The maximum Gasteiger partial charge on any atom is 0.137 e. The van der Waals surface area contributed by atoms with Crippen molar-refractivity contribution in [1.82, 2.24) is 20.1 Å². The van der Waals surface area contributed by atoms with E-state index in [4.69, 9.17) is 0 Å². The molecule has 1 atom stereocenters. The Kier molecular flexibility index (Phi) is 3.03. The molecular weight excluding hydrogens is 248 g/mol. The molecule has 1 N–H and O–H groups in total. The third-order valence-corrected chi connectivity index (χ3v) is 4.82. The number of H-pyrrole nitrogens is 1. The van der Waals surface area contributed by atoms with Gasteiger partial charge in [0.05, 0.1) is 0 Å². The molecule has 1 aromatic heterocycles. The average Bonchev–Trinajstić information content (AvgIpc) is 3.16. The fourth-order valence-corrected chi connectivity index (χ4v) is 3.77. The molecule has 1 unspecified atom stereocenters. The van der Waals surface area contributed by atoms with Crippen LogP contribution in [0.5, 0.6) is 0 Å². The summed E-state index contributed by atoms with van der Waals surface area (Å²) >= 11 is 0. The van der Waals surface area contributed by atoms with E-state index < -0.39 is 0 Å². The number of fused-ring (bicyclic) bond motifs is 1. The van der Waals surface area contributed by atoms with Crippen LogP contribution in [-0.4, -0.2) is 39.2 Å². The van der Waals surface area contributed by atoms with E-state index in [9.17, 15) is 0 Å². The molecule has 0 saturated carbocycles. The Morgan fingerprint density at radius 3 is 2.65 bits per heavy atom. The van der Waals surface area contributed by atoms with Gasteiger partial charge >= 0.3 is 0 Å². The number of aromatic amines is 1. The van der Waals surface area contributed by atoms with Gasteiger partial charge in [-0.25, -0.2) is 4.98 Å². The minimum absolute atomic E-state index is 0.523. The summed E-state index contributed by atoms with van der Waals surface area (Å²) in [6.07, 6.45) is 6.53. The van der Waals surface area contributed by atoms with Crippen LogP contribution in [0.4, 0.5) is 0 Å². The van der Waals surface area contributed by atoms with Crippen molar-refractivity contribution in [2.24, 2.45) is 0 Å². The molecule has 0 amide bonds. The number of hydrogen-bond donors (Lipinski definition) is 1. The molecule has 1 saturated heterocycles. The van der Waals surface area contributed by atoms with E-state index in [2.05, 4.69) is 44.3 Å². The van der Waals surface area contributed by atoms with E-state index in [1.54, 1.807) is 17.5 Å². The second kappa shape index (κ2) is 5.02. The number of piperidine rings is 1. The van der Waals surface area contributed by atoms with Crippen LogP contribution >= 0.6 is 0 Å². The fourth-order valence-electron chi connectivity index (χ4n) is 3.77. The molecule has 20 heavy (non-hydrogen) atoms. The Morgan fingerprint density at radius 1 is 1.15 bits per heavy atom. The number of aromatic nitrogens is 3. The lowest BCUT2D eigenvalue weighted by Gasteiger charge is -2.36. The third-order valence-electron chi connectivity index (χ3n) is 4.82. The van der Waals surface area contributed by atoms with E-state index >= 15 is 0 Å². The van der Waals surface area contributed by atoms with E-state index in [0.717, 1.165) is 12.4 Å². The van der Waals surface area contributed by atoms with Crippen LogP contribution in [0.2, 0.25) is 0 Å². The highest BCUT2D eigenvalue weighted by Crippen LogP contribution is 2.31. The standard InChI is InChI=1S/C16H20N4/c1-2-5-13-9-15(8-12(13)4-1)20-7-3-6-14(10-20)16-17-11-18-19-16/h1-2,4-5,11,14-15H,3,6-10H2,(H,17,18,19). The minimum atomic E-state index is 0.523. The van der Waals surface area contributed by atoms with Gasteiger partial charge in [-0.05, 0) is 43.4 Å². The van der Waals surface area contributed by atoms with Gasteiger partial charge in [0.1, 0.15) is 12.2 Å². The molecule has 1 aliphatic heterocycles. The van der Waals surface area contributed by atoms with Crippen LogP contribution < -0.4 is 0 Å². The Morgan fingerprint density at radius 2 is 1.95 bits per heavy atom. The molecule has 1 aliphatic carbocycles. The lowest BCUT2D eigenvalue weighted by atomic mass is 9.95. The van der Waals surface area contributed by atoms with Crippen molar-refractivity contribution in [2.75, 3.05) is 13.1 Å². The summed E-state index contributed by atoms with van der Waals surface area (Å²) in [4.78, 5) is 7.01. The zero-order valence-electron chi connectivity index (χ0n) is 11.6. The van der Waals surface area contributed by atoms with E-state index in [-0.39, 0.29) is 0 Å². The number of likely N-dealkylation sites (tertiary alicyclic amines) is 1. The van der Waals surface area contributed by atoms with Gasteiger partial charge < -0.3 is 0 Å². The summed E-state index contributed by atoms with van der Waals surface area (Å²) in [6, 6.07) is 9.57. The summed E-state index contributed by atoms with van der Waals surface area (Å²) in [5.41, 5.74) is 3.08. The van der Waals surface area contributed by atoms with Gasteiger partial charge in [-0.15, -0.1) is 0 Å². The Hall–Kier alpha value is -1.68. The highest BCUT2D eigenvalue weighted by Gasteiger charge is 2.31. The molecule has 0 spiro atoms. The minimum Gasteiger partial charge on any atom is -0.299 e. The predicted molar refractivity (Wildman–Crippen MR) is 77.6 cm³/mol. The van der Waals surface area contributed by atoms with E-state index in [1.165, 1.54) is 32.2 Å². The van der Waals surface area contributed by atoms with Crippen LogP contribution in [0.1, 0.15) is 35.7 Å². The van der Waals surface area contributed by atoms with Gasteiger partial charge in [0, 0.05) is 18.5 Å². The molecule has 0 radical (unpaired) electrons. The van der Waals surface area contributed by atoms with E-state index in [0.29, 0.717) is 12.0 Å². The first kappa shape index (κ1) is 12.1. The number of nitrogens with one attached hydrogen (secondary N) is 1. The molecule has 2 aromatic rings. The molecule has 4 nitrogen and oxygen atoms in total. The zero-order valence-corrected chi connectivity index (χ0v) is 11.6. The maximum absolute atomic E-state index is 4.35. The monoisotopic (exact) mass is 268 g/mol. The quantitative estimate of drug-likeness (QED) is 0.907. The van der Waals surface area contributed by atoms with Crippen molar-refractivity contribution in [3.8, 4) is 0 Å². The average molecular weight is 268 g/mol. The zero-order chi connectivity index (χ0) is 13.4. The summed E-state index contributed by atoms with van der Waals surface area (Å²) in [5.74, 6) is 1.58. The second-order valence-electron chi connectivity index (χ2n) is 6.04. The Balaban J connectivity index is 1.47. The van der Waals surface area contributed by atoms with Crippen LogP contribution in [0, 0.1) is 0 Å². The molecule has 4 rings (SSSR count). The first-order chi connectivity index (χ1) is 9.90. The SMILES string of the molecule is c1ccc2c(c1)CC(N1CCCC(c3ncn[nH]3)C1)C2. The van der Waals surface area contributed by atoms with Gasteiger partial charge in [-0.2, -0.15) is 5.10 Å². The first-order valence-electron chi connectivity index (χ1n) is 7.56. The molecule has 1 aromatic carbocycles. The lowest BCUT2D eigenvalue weighted by Crippen LogP contribution is -2.42. The Bertz CT molecular complexity index is 553. The molecular formula is C16H20N4. The van der Waals surface area contributed by atoms with Gasteiger partial charge in [0.2, 0.25) is 0 Å². The number of hydrogen-bond acceptors (Lipinski definition) is 3. The molecule has 0 bridgehead atoms. The summed E-state index contributed by atoms with van der Waals surface area (Å²) in [6.45, 7) is 2.34. The smallest absolute Gasteiger partial charge is 0.137 e. The predicted octanol–water partition coefficient (Wildman–Crippen LogP) is 2.15. The van der Waals surface area contributed by atoms with Gasteiger partial charge in [-0.1, -0.05) is 24.3 Å². The van der Waals surface area contributed by atoms with E-state index in [1.807, 2.05) is 0 Å². The normalized spacial score (nSPS) is 23.9. The fraction of sp³-hybridized carbons (Fsp3) is 0.500. The van der Waals surface area contributed by atoms with Crippen molar-refractivity contribution >= 4 is 0 Å². The molecule has 2 heterocycles. The van der Waals surface area contributed by atoms with Crippen molar-refractivity contribution in [2.45, 2.75) is 37.6 Å². The van der Waals surface area contributed by atoms with Gasteiger partial charge in [0.25, 0.3) is 0 Å². The summed E-state index contributed by atoms with van der Waals surface area (Å²) in [7, 11) is 0. The number of nitrogens with zero attached hydrogens (tertiary/aromatic N) is 3. The highest BCUT2D eigenvalue weighted by molar-refractivity contribution is 5.33. The van der Waals surface area contributed by atoms with Crippen LogP contribution in [-0.2, 0) is 12.8 Å². The maximum atomic E-state index is 4.35. The van der Waals surface area contributed by atoms with Crippen LogP contribution in [0.25, 0.3) is 0 Å². The highest BCUT2D eigenvalue weighted by atomic mass is 15.2. The summed E-state index contributed by atoms with van der Waals surface area (Å²) < 4.78 is 0. The molecule has 4 heteroatoms. The second-order valence-corrected chi connectivity index (χ2v) is 6.04. The summed E-state index contributed by atoms with van der Waals surface area (Å²) in [5, 5.41) is 7.05. The number of benzene rings is 1. The number of rotatable bonds is 2.